The van der Waals surface area contributed by atoms with Gasteiger partial charge >= 0.3 is 0 Å². The topological polar surface area (TPSA) is 66.5 Å². The maximum atomic E-state index is 12.3. The molecule has 0 atom stereocenters. The average molecular weight is 381 g/mol. The van der Waals surface area contributed by atoms with E-state index in [1.54, 1.807) is 17.0 Å². The molecule has 0 radical (unpaired) electrons. The summed E-state index contributed by atoms with van der Waals surface area (Å²) in [5, 5.41) is 0.350. The van der Waals surface area contributed by atoms with Gasteiger partial charge in [0.25, 0.3) is 0 Å². The molecular weight excluding hydrogens is 360 g/mol. The maximum Gasteiger partial charge on any atom is 0.240 e. The molecule has 0 heterocycles. The van der Waals surface area contributed by atoms with Crippen LogP contribution in [0.2, 0.25) is 5.02 Å². The van der Waals surface area contributed by atoms with E-state index in [-0.39, 0.29) is 23.9 Å². The number of benzene rings is 2. The normalized spacial score (nSPS) is 11.4. The number of carbonyl (C=O) groups is 1. The van der Waals surface area contributed by atoms with E-state index in [0.29, 0.717) is 5.02 Å². The van der Waals surface area contributed by atoms with Gasteiger partial charge in [0.15, 0.2) is 0 Å². The molecule has 0 aliphatic rings. The van der Waals surface area contributed by atoms with Crippen molar-refractivity contribution in [3.8, 4) is 0 Å². The quantitative estimate of drug-likeness (QED) is 0.836. The summed E-state index contributed by atoms with van der Waals surface area (Å²) < 4.78 is 27.1. The average Bonchev–Trinajstić information content (AvgIpc) is 2.54. The van der Waals surface area contributed by atoms with Crippen molar-refractivity contribution in [1.29, 1.82) is 0 Å². The van der Waals surface area contributed by atoms with Crippen LogP contribution in [0.4, 0.5) is 5.69 Å². The molecule has 0 saturated heterocycles. The molecule has 0 fully saturated rings. The summed E-state index contributed by atoms with van der Waals surface area (Å²) in [5.74, 6) is -0.148. The zero-order valence-electron chi connectivity index (χ0n) is 14.4. The molecule has 0 saturated carbocycles. The molecular formula is C18H21ClN2O3S. The number of halogens is 1. The van der Waals surface area contributed by atoms with Crippen LogP contribution >= 0.6 is 11.6 Å². The number of aryl methyl sites for hydroxylation is 2. The Kier molecular flexibility index (Phi) is 6.21. The molecule has 5 nitrogen and oxygen atoms in total. The first-order valence-corrected chi connectivity index (χ1v) is 9.67. The number of nitrogens with one attached hydrogen (secondary N) is 1. The third-order valence-electron chi connectivity index (χ3n) is 3.92. The van der Waals surface area contributed by atoms with Gasteiger partial charge in [-0.2, -0.15) is 0 Å². The molecule has 0 bridgehead atoms. The summed E-state index contributed by atoms with van der Waals surface area (Å²) in [6.45, 7) is 5.76. The molecule has 2 rings (SSSR count). The van der Waals surface area contributed by atoms with E-state index in [9.17, 15) is 13.2 Å². The minimum atomic E-state index is -3.67. The largest absolute Gasteiger partial charge is 0.311 e. The Morgan fingerprint density at radius 1 is 1.12 bits per heavy atom. The Morgan fingerprint density at radius 2 is 1.84 bits per heavy atom. The van der Waals surface area contributed by atoms with Crippen LogP contribution in [0.3, 0.4) is 0 Å². The lowest BCUT2D eigenvalue weighted by Crippen LogP contribution is -2.37. The highest BCUT2D eigenvalue weighted by molar-refractivity contribution is 7.89. The van der Waals surface area contributed by atoms with Crippen LogP contribution < -0.4 is 9.62 Å². The SMILES string of the molecule is CC(=O)N(CCNS(=O)(=O)c1cccc(Cl)c1)c1ccc(C)c(C)c1. The van der Waals surface area contributed by atoms with Gasteiger partial charge in [-0.25, -0.2) is 13.1 Å². The number of anilines is 1. The predicted molar refractivity (Wildman–Crippen MR) is 101 cm³/mol. The molecule has 134 valence electrons. The lowest BCUT2D eigenvalue weighted by Gasteiger charge is -2.22. The van der Waals surface area contributed by atoms with E-state index in [2.05, 4.69) is 4.72 Å². The molecule has 0 aliphatic carbocycles. The summed E-state index contributed by atoms with van der Waals surface area (Å²) in [5.41, 5.74) is 2.95. The van der Waals surface area contributed by atoms with E-state index in [1.807, 2.05) is 32.0 Å². The molecule has 0 aromatic heterocycles. The third kappa shape index (κ3) is 5.04. The molecule has 2 aromatic rings. The van der Waals surface area contributed by atoms with E-state index in [1.165, 1.54) is 19.1 Å². The van der Waals surface area contributed by atoms with Crippen LogP contribution in [0.5, 0.6) is 0 Å². The van der Waals surface area contributed by atoms with Crippen LogP contribution in [0.15, 0.2) is 47.4 Å². The minimum Gasteiger partial charge on any atom is -0.311 e. The second-order valence-electron chi connectivity index (χ2n) is 5.79. The molecule has 0 aliphatic heterocycles. The standard InChI is InChI=1S/C18H21ClN2O3S/c1-13-7-8-17(11-14(13)2)21(15(3)22)10-9-20-25(23,24)18-6-4-5-16(19)12-18/h4-8,11-12,20H,9-10H2,1-3H3. The van der Waals surface area contributed by atoms with E-state index in [0.717, 1.165) is 16.8 Å². The van der Waals surface area contributed by atoms with Crippen LogP contribution in [0.25, 0.3) is 0 Å². The summed E-state index contributed by atoms with van der Waals surface area (Å²) in [6.07, 6.45) is 0. The van der Waals surface area contributed by atoms with Crippen LogP contribution in [-0.4, -0.2) is 27.4 Å². The molecule has 1 amide bonds. The Balaban J connectivity index is 2.09. The van der Waals surface area contributed by atoms with Crippen molar-refractivity contribution in [2.75, 3.05) is 18.0 Å². The number of nitrogens with zero attached hydrogens (tertiary/aromatic N) is 1. The van der Waals surface area contributed by atoms with Gasteiger partial charge in [-0.1, -0.05) is 23.7 Å². The van der Waals surface area contributed by atoms with E-state index >= 15 is 0 Å². The van der Waals surface area contributed by atoms with Gasteiger partial charge in [-0.15, -0.1) is 0 Å². The first-order chi connectivity index (χ1) is 11.7. The highest BCUT2D eigenvalue weighted by atomic mass is 35.5. The molecule has 0 unspecified atom stereocenters. The van der Waals surface area contributed by atoms with Crippen molar-refractivity contribution in [2.45, 2.75) is 25.7 Å². The Morgan fingerprint density at radius 3 is 2.44 bits per heavy atom. The lowest BCUT2D eigenvalue weighted by atomic mass is 10.1. The van der Waals surface area contributed by atoms with Gasteiger partial charge in [0.1, 0.15) is 0 Å². The number of amides is 1. The smallest absolute Gasteiger partial charge is 0.240 e. The highest BCUT2D eigenvalue weighted by Crippen LogP contribution is 2.19. The second-order valence-corrected chi connectivity index (χ2v) is 8.00. The fourth-order valence-electron chi connectivity index (χ4n) is 2.37. The monoisotopic (exact) mass is 380 g/mol. The van der Waals surface area contributed by atoms with Crippen molar-refractivity contribution < 1.29 is 13.2 Å². The fourth-order valence-corrected chi connectivity index (χ4v) is 3.69. The number of hydrogen-bond acceptors (Lipinski definition) is 3. The minimum absolute atomic E-state index is 0.0977. The molecule has 25 heavy (non-hydrogen) atoms. The lowest BCUT2D eigenvalue weighted by molar-refractivity contribution is -0.116. The summed E-state index contributed by atoms with van der Waals surface area (Å²) >= 11 is 5.84. The number of rotatable bonds is 6. The van der Waals surface area contributed by atoms with Gasteiger partial charge in [-0.3, -0.25) is 4.79 Å². The molecule has 2 aromatic carbocycles. The predicted octanol–water partition coefficient (Wildman–Crippen LogP) is 3.29. The molecule has 1 N–H and O–H groups in total. The maximum absolute atomic E-state index is 12.3. The van der Waals surface area contributed by atoms with Gasteiger partial charge in [0, 0.05) is 30.7 Å². The van der Waals surface area contributed by atoms with Crippen molar-refractivity contribution in [3.63, 3.8) is 0 Å². The van der Waals surface area contributed by atoms with Crippen LogP contribution in [0.1, 0.15) is 18.1 Å². The Bertz CT molecular complexity index is 882. The number of sulfonamides is 1. The Labute approximate surface area is 153 Å². The van der Waals surface area contributed by atoms with Crippen LogP contribution in [0, 0.1) is 13.8 Å². The van der Waals surface area contributed by atoms with Crippen molar-refractivity contribution >= 4 is 33.2 Å². The molecule has 0 spiro atoms. The van der Waals surface area contributed by atoms with E-state index in [4.69, 9.17) is 11.6 Å². The zero-order valence-corrected chi connectivity index (χ0v) is 16.0. The van der Waals surface area contributed by atoms with Crippen molar-refractivity contribution in [2.24, 2.45) is 0 Å². The van der Waals surface area contributed by atoms with Gasteiger partial charge in [0.05, 0.1) is 4.90 Å². The summed E-state index contributed by atoms with van der Waals surface area (Å²) in [7, 11) is -3.67. The number of carbonyl (C=O) groups excluding carboxylic acids is 1. The third-order valence-corrected chi connectivity index (χ3v) is 5.61. The van der Waals surface area contributed by atoms with Gasteiger partial charge in [-0.05, 0) is 55.3 Å². The summed E-state index contributed by atoms with van der Waals surface area (Å²) in [4.78, 5) is 13.6. The fraction of sp³-hybridized carbons (Fsp3) is 0.278. The Hall–Kier alpha value is -1.89. The molecule has 7 heteroatoms. The van der Waals surface area contributed by atoms with Crippen molar-refractivity contribution in [1.82, 2.24) is 4.72 Å². The first-order valence-electron chi connectivity index (χ1n) is 7.81. The van der Waals surface area contributed by atoms with Gasteiger partial charge < -0.3 is 4.90 Å². The highest BCUT2D eigenvalue weighted by Gasteiger charge is 2.16. The first kappa shape index (κ1) is 19.4. The zero-order chi connectivity index (χ0) is 18.6. The second kappa shape index (κ2) is 7.99. The van der Waals surface area contributed by atoms with Crippen LogP contribution in [-0.2, 0) is 14.8 Å². The van der Waals surface area contributed by atoms with E-state index < -0.39 is 10.0 Å². The van der Waals surface area contributed by atoms with Crippen molar-refractivity contribution in [3.05, 3.63) is 58.6 Å². The van der Waals surface area contributed by atoms with Gasteiger partial charge in [0.2, 0.25) is 15.9 Å². The number of hydrogen-bond donors (Lipinski definition) is 1. The summed E-state index contributed by atoms with van der Waals surface area (Å²) in [6, 6.07) is 11.8.